The average molecular weight is 421 g/mol. The molecule has 5 rings (SSSR count). The molecule has 6 nitrogen and oxygen atoms in total. The van der Waals surface area contributed by atoms with Crippen molar-refractivity contribution in [2.24, 2.45) is 5.41 Å². The van der Waals surface area contributed by atoms with Gasteiger partial charge in [-0.15, -0.1) is 0 Å². The Morgan fingerprint density at radius 2 is 2.06 bits per heavy atom. The number of benzene rings is 2. The van der Waals surface area contributed by atoms with Crippen LogP contribution in [0.5, 0.6) is 11.5 Å². The third-order valence-corrected chi connectivity index (χ3v) is 5.87. The zero-order valence-corrected chi connectivity index (χ0v) is 17.5. The van der Waals surface area contributed by atoms with Crippen molar-refractivity contribution in [2.75, 3.05) is 6.79 Å². The normalized spacial score (nSPS) is 18.5. The van der Waals surface area contributed by atoms with Gasteiger partial charge >= 0.3 is 0 Å². The van der Waals surface area contributed by atoms with Gasteiger partial charge in [0.15, 0.2) is 11.5 Å². The summed E-state index contributed by atoms with van der Waals surface area (Å²) in [5.74, 6) is 1.01. The Hall–Kier alpha value is -3.35. The molecular weight excluding hydrogens is 397 g/mol. The maximum atomic E-state index is 13.8. The number of amides is 1. The lowest BCUT2D eigenvalue weighted by Crippen LogP contribution is -2.37. The molecule has 0 saturated heterocycles. The number of halogens is 1. The largest absolute Gasteiger partial charge is 0.454 e. The van der Waals surface area contributed by atoms with E-state index < -0.39 is 0 Å². The van der Waals surface area contributed by atoms with Crippen molar-refractivity contribution in [3.63, 3.8) is 0 Å². The predicted molar refractivity (Wildman–Crippen MR) is 113 cm³/mol. The van der Waals surface area contributed by atoms with Crippen LogP contribution in [0.1, 0.15) is 43.1 Å². The second kappa shape index (κ2) is 7.41. The van der Waals surface area contributed by atoms with E-state index >= 15 is 0 Å². The molecule has 0 bridgehead atoms. The zero-order chi connectivity index (χ0) is 21.6. The molecule has 160 valence electrons. The number of hydrogen-bond donors (Lipinski definition) is 1. The number of carbonyl (C=O) groups is 1. The third kappa shape index (κ3) is 3.87. The Labute approximate surface area is 180 Å². The molecule has 1 unspecified atom stereocenters. The molecule has 2 aromatic carbocycles. The summed E-state index contributed by atoms with van der Waals surface area (Å²) in [4.78, 5) is 12.9. The minimum absolute atomic E-state index is 0.0329. The minimum Gasteiger partial charge on any atom is -0.454 e. The first kappa shape index (κ1) is 19.6. The first-order chi connectivity index (χ1) is 14.9. The summed E-state index contributed by atoms with van der Waals surface area (Å²) >= 11 is 0. The highest BCUT2D eigenvalue weighted by Crippen LogP contribution is 2.41. The summed E-state index contributed by atoms with van der Waals surface area (Å²) in [6.07, 6.45) is 3.65. The fourth-order valence-corrected chi connectivity index (χ4v) is 4.48. The van der Waals surface area contributed by atoms with Crippen LogP contribution in [0.25, 0.3) is 5.69 Å². The fourth-order valence-electron chi connectivity index (χ4n) is 4.48. The van der Waals surface area contributed by atoms with E-state index in [4.69, 9.17) is 9.47 Å². The van der Waals surface area contributed by atoms with Crippen molar-refractivity contribution in [2.45, 2.75) is 39.2 Å². The van der Waals surface area contributed by atoms with Gasteiger partial charge in [-0.1, -0.05) is 26.0 Å². The van der Waals surface area contributed by atoms with Gasteiger partial charge in [0.1, 0.15) is 5.82 Å². The van der Waals surface area contributed by atoms with Gasteiger partial charge in [-0.2, -0.15) is 5.10 Å². The lowest BCUT2D eigenvalue weighted by atomic mass is 9.74. The van der Waals surface area contributed by atoms with Crippen LogP contribution in [0.4, 0.5) is 4.39 Å². The van der Waals surface area contributed by atoms with Crippen LogP contribution < -0.4 is 14.8 Å². The summed E-state index contributed by atoms with van der Waals surface area (Å²) in [7, 11) is 0. The Morgan fingerprint density at radius 3 is 2.90 bits per heavy atom. The molecule has 1 atom stereocenters. The Morgan fingerprint density at radius 1 is 1.23 bits per heavy atom. The van der Waals surface area contributed by atoms with Crippen molar-refractivity contribution in [3.8, 4) is 17.2 Å². The maximum Gasteiger partial charge on any atom is 0.231 e. The van der Waals surface area contributed by atoms with Gasteiger partial charge in [-0.25, -0.2) is 9.07 Å². The lowest BCUT2D eigenvalue weighted by molar-refractivity contribution is -0.121. The minimum atomic E-state index is -0.301. The van der Waals surface area contributed by atoms with Crippen molar-refractivity contribution < 1.29 is 18.7 Å². The third-order valence-electron chi connectivity index (χ3n) is 5.87. The highest BCUT2D eigenvalue weighted by Gasteiger charge is 2.36. The van der Waals surface area contributed by atoms with E-state index in [9.17, 15) is 9.18 Å². The number of aromatic nitrogens is 2. The molecule has 31 heavy (non-hydrogen) atoms. The van der Waals surface area contributed by atoms with Gasteiger partial charge in [0.05, 0.1) is 30.0 Å². The van der Waals surface area contributed by atoms with Crippen LogP contribution in [0.15, 0.2) is 48.7 Å². The molecule has 7 heteroatoms. The van der Waals surface area contributed by atoms with Gasteiger partial charge in [-0.3, -0.25) is 4.79 Å². The van der Waals surface area contributed by atoms with Crippen LogP contribution in [0.2, 0.25) is 0 Å². The zero-order valence-electron chi connectivity index (χ0n) is 17.5. The second-order valence-electron chi connectivity index (χ2n) is 8.97. The number of fused-ring (bicyclic) bond motifs is 2. The summed E-state index contributed by atoms with van der Waals surface area (Å²) in [6.45, 7) is 4.56. The molecule has 1 amide bonds. The molecule has 2 heterocycles. The van der Waals surface area contributed by atoms with Crippen LogP contribution in [0.3, 0.4) is 0 Å². The summed E-state index contributed by atoms with van der Waals surface area (Å²) in [6, 6.07) is 11.8. The molecule has 0 radical (unpaired) electrons. The van der Waals surface area contributed by atoms with Crippen molar-refractivity contribution in [3.05, 3.63) is 71.3 Å². The number of ether oxygens (including phenoxy) is 2. The van der Waals surface area contributed by atoms with Crippen LogP contribution in [-0.2, 0) is 17.6 Å². The molecule has 1 aliphatic carbocycles. The molecule has 0 spiro atoms. The van der Waals surface area contributed by atoms with Crippen LogP contribution in [-0.4, -0.2) is 22.5 Å². The summed E-state index contributed by atoms with van der Waals surface area (Å²) in [5.41, 5.74) is 3.52. The first-order valence-corrected chi connectivity index (χ1v) is 10.4. The maximum absolute atomic E-state index is 13.8. The molecule has 1 aliphatic heterocycles. The highest BCUT2D eigenvalue weighted by molar-refractivity contribution is 5.79. The van der Waals surface area contributed by atoms with Gasteiger partial charge in [0.2, 0.25) is 12.7 Å². The number of nitrogens with zero attached hydrogens (tertiary/aromatic N) is 2. The molecular formula is C24H24FN3O3. The molecule has 3 aromatic rings. The van der Waals surface area contributed by atoms with Crippen molar-refractivity contribution in [1.82, 2.24) is 15.1 Å². The van der Waals surface area contributed by atoms with Crippen molar-refractivity contribution in [1.29, 1.82) is 0 Å². The van der Waals surface area contributed by atoms with E-state index in [1.165, 1.54) is 12.1 Å². The van der Waals surface area contributed by atoms with E-state index in [1.807, 2.05) is 24.3 Å². The lowest BCUT2D eigenvalue weighted by Gasteiger charge is -2.36. The molecule has 1 aromatic heterocycles. The summed E-state index contributed by atoms with van der Waals surface area (Å²) < 4.78 is 26.3. The monoisotopic (exact) mass is 421 g/mol. The average Bonchev–Trinajstić information content (AvgIpc) is 3.33. The summed E-state index contributed by atoms with van der Waals surface area (Å²) in [5, 5.41) is 7.71. The topological polar surface area (TPSA) is 65.4 Å². The Bertz CT molecular complexity index is 1150. The van der Waals surface area contributed by atoms with Crippen LogP contribution >= 0.6 is 0 Å². The van der Waals surface area contributed by atoms with Gasteiger partial charge in [0.25, 0.3) is 0 Å². The van der Waals surface area contributed by atoms with Crippen molar-refractivity contribution >= 4 is 5.91 Å². The smallest absolute Gasteiger partial charge is 0.231 e. The van der Waals surface area contributed by atoms with Gasteiger partial charge in [0, 0.05) is 5.56 Å². The molecule has 2 aliphatic rings. The SMILES string of the molecule is CC1(C)Cc2c(cnn2-c2cccc(F)c2)C(NC(=O)Cc2ccc3c(c2)OCO3)C1. The Balaban J connectivity index is 1.38. The quantitative estimate of drug-likeness (QED) is 0.689. The number of carbonyl (C=O) groups excluding carboxylic acids is 1. The van der Waals surface area contributed by atoms with Crippen LogP contribution in [0, 0.1) is 11.2 Å². The molecule has 0 saturated carbocycles. The predicted octanol–water partition coefficient (Wildman–Crippen LogP) is 4.11. The van der Waals surface area contributed by atoms with E-state index in [0.717, 1.165) is 29.7 Å². The van der Waals surface area contributed by atoms with Gasteiger partial charge < -0.3 is 14.8 Å². The highest BCUT2D eigenvalue weighted by atomic mass is 19.1. The number of nitrogens with one attached hydrogen (secondary N) is 1. The fraction of sp³-hybridized carbons (Fsp3) is 0.333. The van der Waals surface area contributed by atoms with Gasteiger partial charge in [-0.05, 0) is 54.2 Å². The number of hydrogen-bond acceptors (Lipinski definition) is 4. The van der Waals surface area contributed by atoms with E-state index in [2.05, 4.69) is 24.3 Å². The Kier molecular flexibility index (Phi) is 4.68. The first-order valence-electron chi connectivity index (χ1n) is 10.4. The molecule has 1 N–H and O–H groups in total. The number of rotatable bonds is 4. The second-order valence-corrected chi connectivity index (χ2v) is 8.97. The van der Waals surface area contributed by atoms with E-state index in [0.29, 0.717) is 17.2 Å². The standard InChI is InChI=1S/C24H24FN3O3/c1-24(2)11-19(27-23(29)9-15-6-7-21-22(8-15)31-14-30-21)18-13-26-28(20(18)12-24)17-5-3-4-16(25)10-17/h3-8,10,13,19H,9,11-12,14H2,1-2H3,(H,27,29). The van der Waals surface area contributed by atoms with E-state index in [-0.39, 0.29) is 36.4 Å². The van der Waals surface area contributed by atoms with E-state index in [1.54, 1.807) is 16.9 Å². The molecule has 0 fully saturated rings.